The Hall–Kier alpha value is -0.810. The molecule has 18 heavy (non-hydrogen) atoms. The molecule has 4 nitrogen and oxygen atoms in total. The van der Waals surface area contributed by atoms with Crippen molar-refractivity contribution in [3.8, 4) is 0 Å². The van der Waals surface area contributed by atoms with Gasteiger partial charge in [0.1, 0.15) is 11.6 Å². The van der Waals surface area contributed by atoms with Gasteiger partial charge in [-0.1, -0.05) is 6.92 Å². The number of rotatable bonds is 2. The molecule has 0 spiro atoms. The Balaban J connectivity index is 1.99. The van der Waals surface area contributed by atoms with E-state index in [4.69, 9.17) is 9.97 Å². The molecule has 0 amide bonds. The summed E-state index contributed by atoms with van der Waals surface area (Å²) in [6, 6.07) is 0. The van der Waals surface area contributed by atoms with E-state index in [1.165, 1.54) is 28.6 Å². The summed E-state index contributed by atoms with van der Waals surface area (Å²) in [5, 5.41) is 3.40. The van der Waals surface area contributed by atoms with Crippen LogP contribution in [0.1, 0.15) is 24.9 Å². The summed E-state index contributed by atoms with van der Waals surface area (Å²) >= 11 is 1.94. The molecule has 0 bridgehead atoms. The van der Waals surface area contributed by atoms with Crippen LogP contribution in [0.15, 0.2) is 4.90 Å². The topological polar surface area (TPSA) is 41.1 Å². The van der Waals surface area contributed by atoms with Gasteiger partial charge >= 0.3 is 0 Å². The van der Waals surface area contributed by atoms with Crippen molar-refractivity contribution in [2.24, 2.45) is 0 Å². The minimum absolute atomic E-state index is 0.928. The number of thioether (sulfide) groups is 1. The Kier molecular flexibility index (Phi) is 3.70. The number of hydrogen-bond donors (Lipinski definition) is 1. The maximum atomic E-state index is 4.79. The van der Waals surface area contributed by atoms with Gasteiger partial charge in [0, 0.05) is 32.6 Å². The zero-order valence-corrected chi connectivity index (χ0v) is 11.7. The maximum Gasteiger partial charge on any atom is 0.146 e. The number of aromatic nitrogens is 2. The fourth-order valence-electron chi connectivity index (χ4n) is 2.51. The quantitative estimate of drug-likeness (QED) is 0.876. The second-order valence-electron chi connectivity index (χ2n) is 4.78. The Morgan fingerprint density at radius 3 is 2.89 bits per heavy atom. The van der Waals surface area contributed by atoms with Gasteiger partial charge in [-0.2, -0.15) is 0 Å². The highest BCUT2D eigenvalue weighted by molar-refractivity contribution is 7.99. The molecule has 1 saturated heterocycles. The number of hydrogen-bond acceptors (Lipinski definition) is 5. The molecule has 5 heteroatoms. The van der Waals surface area contributed by atoms with Crippen LogP contribution in [0, 0.1) is 0 Å². The van der Waals surface area contributed by atoms with E-state index in [0.29, 0.717) is 0 Å². The first-order chi connectivity index (χ1) is 8.88. The summed E-state index contributed by atoms with van der Waals surface area (Å²) in [5.74, 6) is 3.41. The van der Waals surface area contributed by atoms with E-state index >= 15 is 0 Å². The molecule has 2 aliphatic rings. The van der Waals surface area contributed by atoms with Crippen LogP contribution in [0.3, 0.4) is 0 Å². The number of piperazine rings is 1. The predicted octanol–water partition coefficient (Wildman–Crippen LogP) is 1.49. The third-order valence-electron chi connectivity index (χ3n) is 3.50. The molecule has 1 N–H and O–H groups in total. The molecule has 3 rings (SSSR count). The van der Waals surface area contributed by atoms with Gasteiger partial charge in [0.05, 0.1) is 10.6 Å². The van der Waals surface area contributed by atoms with Gasteiger partial charge < -0.3 is 10.2 Å². The minimum Gasteiger partial charge on any atom is -0.353 e. The van der Waals surface area contributed by atoms with Gasteiger partial charge in [-0.15, -0.1) is 11.8 Å². The molecular weight excluding hydrogens is 244 g/mol. The van der Waals surface area contributed by atoms with Crippen LogP contribution in [0.5, 0.6) is 0 Å². The lowest BCUT2D eigenvalue weighted by Gasteiger charge is -2.31. The third-order valence-corrected chi connectivity index (χ3v) is 4.70. The van der Waals surface area contributed by atoms with Crippen molar-refractivity contribution >= 4 is 17.6 Å². The summed E-state index contributed by atoms with van der Waals surface area (Å²) in [6.07, 6.45) is 3.30. The lowest BCUT2D eigenvalue weighted by molar-refractivity contribution is 0.578. The summed E-state index contributed by atoms with van der Waals surface area (Å²) in [7, 11) is 0. The van der Waals surface area contributed by atoms with E-state index in [9.17, 15) is 0 Å². The van der Waals surface area contributed by atoms with Crippen LogP contribution in [0.4, 0.5) is 5.82 Å². The normalized spacial score (nSPS) is 19.7. The lowest BCUT2D eigenvalue weighted by atomic mass is 10.2. The van der Waals surface area contributed by atoms with Crippen molar-refractivity contribution in [1.29, 1.82) is 0 Å². The number of aryl methyl sites for hydroxylation is 2. The minimum atomic E-state index is 0.928. The molecule has 0 saturated carbocycles. The smallest absolute Gasteiger partial charge is 0.146 e. The Bertz CT molecular complexity index is 429. The molecular formula is C13H20N4S. The van der Waals surface area contributed by atoms with Crippen LogP contribution in [0.2, 0.25) is 0 Å². The molecule has 3 heterocycles. The highest BCUT2D eigenvalue weighted by atomic mass is 32.2. The van der Waals surface area contributed by atoms with E-state index in [0.717, 1.165) is 44.8 Å². The van der Waals surface area contributed by atoms with Crippen LogP contribution < -0.4 is 10.2 Å². The summed E-state index contributed by atoms with van der Waals surface area (Å²) in [6.45, 7) is 6.38. The standard InChI is InChI=1S/C13H20N4S/c1-2-11-15-10-4-3-9-18-12(10)13(16-11)17-7-5-14-6-8-17/h14H,2-9H2,1H3. The van der Waals surface area contributed by atoms with Crippen molar-refractivity contribution in [1.82, 2.24) is 15.3 Å². The SMILES string of the molecule is CCc1nc2c(c(N3CCNCC3)n1)SCCC2. The molecule has 1 aromatic rings. The second-order valence-corrected chi connectivity index (χ2v) is 5.89. The highest BCUT2D eigenvalue weighted by Gasteiger charge is 2.22. The molecule has 0 atom stereocenters. The van der Waals surface area contributed by atoms with Gasteiger partial charge in [-0.25, -0.2) is 9.97 Å². The Labute approximate surface area is 113 Å². The number of nitrogens with zero attached hydrogens (tertiary/aromatic N) is 3. The largest absolute Gasteiger partial charge is 0.353 e. The summed E-state index contributed by atoms with van der Waals surface area (Å²) in [4.78, 5) is 13.3. The van der Waals surface area contributed by atoms with Crippen molar-refractivity contribution in [3.05, 3.63) is 11.5 Å². The lowest BCUT2D eigenvalue weighted by Crippen LogP contribution is -2.44. The maximum absolute atomic E-state index is 4.79. The van der Waals surface area contributed by atoms with E-state index in [1.54, 1.807) is 0 Å². The van der Waals surface area contributed by atoms with E-state index < -0.39 is 0 Å². The molecule has 2 aliphatic heterocycles. The average Bonchev–Trinajstić information content (AvgIpc) is 2.47. The van der Waals surface area contributed by atoms with Crippen LogP contribution in [-0.2, 0) is 12.8 Å². The fourth-order valence-corrected chi connectivity index (χ4v) is 3.62. The molecule has 0 aliphatic carbocycles. The van der Waals surface area contributed by atoms with E-state index in [2.05, 4.69) is 17.1 Å². The number of nitrogens with one attached hydrogen (secondary N) is 1. The van der Waals surface area contributed by atoms with Crippen molar-refractivity contribution in [2.75, 3.05) is 36.8 Å². The fraction of sp³-hybridized carbons (Fsp3) is 0.692. The molecule has 0 aromatic carbocycles. The summed E-state index contributed by atoms with van der Waals surface area (Å²) < 4.78 is 0. The monoisotopic (exact) mass is 264 g/mol. The predicted molar refractivity (Wildman–Crippen MR) is 75.5 cm³/mol. The van der Waals surface area contributed by atoms with Gasteiger partial charge in [0.25, 0.3) is 0 Å². The third kappa shape index (κ3) is 2.34. The van der Waals surface area contributed by atoms with Gasteiger partial charge in [0.2, 0.25) is 0 Å². The Morgan fingerprint density at radius 1 is 1.28 bits per heavy atom. The molecule has 0 unspecified atom stereocenters. The molecule has 1 aromatic heterocycles. The molecule has 0 radical (unpaired) electrons. The Morgan fingerprint density at radius 2 is 2.11 bits per heavy atom. The highest BCUT2D eigenvalue weighted by Crippen LogP contribution is 2.36. The first-order valence-electron chi connectivity index (χ1n) is 6.86. The first kappa shape index (κ1) is 12.2. The second kappa shape index (κ2) is 5.45. The van der Waals surface area contributed by atoms with Crippen molar-refractivity contribution < 1.29 is 0 Å². The molecule has 1 fully saturated rings. The molecule has 98 valence electrons. The number of fused-ring (bicyclic) bond motifs is 1. The zero-order chi connectivity index (χ0) is 12.4. The van der Waals surface area contributed by atoms with Gasteiger partial charge in [-0.3, -0.25) is 0 Å². The number of anilines is 1. The van der Waals surface area contributed by atoms with E-state index in [1.807, 2.05) is 11.8 Å². The summed E-state index contributed by atoms with van der Waals surface area (Å²) in [5.41, 5.74) is 1.28. The average molecular weight is 264 g/mol. The van der Waals surface area contributed by atoms with Crippen LogP contribution in [0.25, 0.3) is 0 Å². The first-order valence-corrected chi connectivity index (χ1v) is 7.85. The van der Waals surface area contributed by atoms with Crippen LogP contribution >= 0.6 is 11.8 Å². The van der Waals surface area contributed by atoms with Crippen molar-refractivity contribution in [2.45, 2.75) is 31.1 Å². The van der Waals surface area contributed by atoms with E-state index in [-0.39, 0.29) is 0 Å². The zero-order valence-electron chi connectivity index (χ0n) is 10.9. The van der Waals surface area contributed by atoms with Gasteiger partial charge in [0.15, 0.2) is 0 Å². The van der Waals surface area contributed by atoms with Crippen molar-refractivity contribution in [3.63, 3.8) is 0 Å². The van der Waals surface area contributed by atoms with Crippen LogP contribution in [-0.4, -0.2) is 41.9 Å². The van der Waals surface area contributed by atoms with Gasteiger partial charge in [-0.05, 0) is 18.6 Å².